The van der Waals surface area contributed by atoms with Crippen molar-refractivity contribution in [2.75, 3.05) is 0 Å². The van der Waals surface area contributed by atoms with Crippen LogP contribution in [0.25, 0.3) is 10.3 Å². The maximum Gasteiger partial charge on any atom is 0.396 e. The van der Waals surface area contributed by atoms with Gasteiger partial charge in [0.15, 0.2) is 0 Å². The Labute approximate surface area is 88.8 Å². The van der Waals surface area contributed by atoms with Crippen molar-refractivity contribution in [2.24, 2.45) is 0 Å². The number of hydrogen-bond donors (Lipinski definition) is 1. The number of Topliss-reactive ketones (excluding diaryl/α,β-unsaturated/α-hetero) is 1. The Bertz CT molecular complexity index is 579. The Morgan fingerprint density at radius 2 is 2.27 bits per heavy atom. The van der Waals surface area contributed by atoms with Crippen LogP contribution >= 0.6 is 11.3 Å². The molecule has 78 valence electrons. The number of ketones is 1. The fraction of sp³-hybridized carbons (Fsp3) is 0.200. The molecule has 0 fully saturated rings. The summed E-state index contributed by atoms with van der Waals surface area (Å²) in [4.78, 5) is 21.4. The molecule has 1 aromatic heterocycles. The molecule has 0 bridgehead atoms. The van der Waals surface area contributed by atoms with Gasteiger partial charge in [0.05, 0.1) is 4.70 Å². The molecule has 0 aliphatic heterocycles. The molecule has 2 aromatic rings. The maximum atomic E-state index is 10.9. The lowest BCUT2D eigenvalue weighted by Gasteiger charge is -2.00. The van der Waals surface area contributed by atoms with Crippen molar-refractivity contribution < 1.29 is 14.3 Å². The average Bonchev–Trinajstić information content (AvgIpc) is 2.44. The van der Waals surface area contributed by atoms with Crippen LogP contribution in [0.3, 0.4) is 0 Å². The smallest absolute Gasteiger partial charge is 0.396 e. The highest BCUT2D eigenvalue weighted by atomic mass is 32.1. The number of carbonyl (C=O) groups is 1. The SMILES string of the molecule is CC(=O)Cc1cc2oc(=O)sc2cc1O. The van der Waals surface area contributed by atoms with Crippen molar-refractivity contribution in [3.8, 4) is 5.75 Å². The molecule has 1 heterocycles. The molecule has 2 rings (SSSR count). The summed E-state index contributed by atoms with van der Waals surface area (Å²) in [6.45, 7) is 1.44. The topological polar surface area (TPSA) is 67.5 Å². The average molecular weight is 224 g/mol. The van der Waals surface area contributed by atoms with E-state index in [4.69, 9.17) is 4.42 Å². The number of phenols is 1. The second kappa shape index (κ2) is 3.51. The largest absolute Gasteiger partial charge is 0.508 e. The van der Waals surface area contributed by atoms with Gasteiger partial charge in [-0.3, -0.25) is 4.79 Å². The van der Waals surface area contributed by atoms with Gasteiger partial charge in [-0.15, -0.1) is 0 Å². The van der Waals surface area contributed by atoms with Crippen LogP contribution in [0.2, 0.25) is 0 Å². The Morgan fingerprint density at radius 1 is 1.53 bits per heavy atom. The van der Waals surface area contributed by atoms with Crippen molar-refractivity contribution in [1.29, 1.82) is 0 Å². The number of benzene rings is 1. The van der Waals surface area contributed by atoms with E-state index in [1.807, 2.05) is 0 Å². The molecule has 0 amide bonds. The molecule has 1 N–H and O–H groups in total. The normalized spacial score (nSPS) is 10.7. The van der Waals surface area contributed by atoms with E-state index in [-0.39, 0.29) is 18.0 Å². The van der Waals surface area contributed by atoms with Gasteiger partial charge in [0.25, 0.3) is 0 Å². The van der Waals surface area contributed by atoms with Crippen LogP contribution in [0.4, 0.5) is 0 Å². The molecule has 0 unspecified atom stereocenters. The minimum absolute atomic E-state index is 0.0229. The zero-order chi connectivity index (χ0) is 11.0. The lowest BCUT2D eigenvalue weighted by atomic mass is 10.1. The van der Waals surface area contributed by atoms with Crippen LogP contribution in [-0.2, 0) is 11.2 Å². The molecule has 0 aliphatic rings. The van der Waals surface area contributed by atoms with E-state index >= 15 is 0 Å². The molecule has 4 nitrogen and oxygen atoms in total. The summed E-state index contributed by atoms with van der Waals surface area (Å²) in [6, 6.07) is 2.98. The summed E-state index contributed by atoms with van der Waals surface area (Å²) in [6.07, 6.45) is 0.140. The van der Waals surface area contributed by atoms with Crippen molar-refractivity contribution in [1.82, 2.24) is 0 Å². The van der Waals surface area contributed by atoms with Gasteiger partial charge in [0.1, 0.15) is 17.1 Å². The quantitative estimate of drug-likeness (QED) is 0.842. The highest BCUT2D eigenvalue weighted by Gasteiger charge is 2.09. The minimum Gasteiger partial charge on any atom is -0.508 e. The Balaban J connectivity index is 2.60. The van der Waals surface area contributed by atoms with Gasteiger partial charge >= 0.3 is 4.94 Å². The van der Waals surface area contributed by atoms with Crippen molar-refractivity contribution in [3.63, 3.8) is 0 Å². The van der Waals surface area contributed by atoms with Gasteiger partial charge in [-0.25, -0.2) is 4.79 Å². The number of hydrogen-bond acceptors (Lipinski definition) is 5. The molecule has 5 heteroatoms. The predicted molar refractivity (Wildman–Crippen MR) is 56.4 cm³/mol. The minimum atomic E-state index is -0.413. The fourth-order valence-corrected chi connectivity index (χ4v) is 2.04. The summed E-state index contributed by atoms with van der Waals surface area (Å²) in [7, 11) is 0. The summed E-state index contributed by atoms with van der Waals surface area (Å²) < 4.78 is 5.47. The van der Waals surface area contributed by atoms with Crippen LogP contribution in [0.15, 0.2) is 21.3 Å². The van der Waals surface area contributed by atoms with E-state index < -0.39 is 4.94 Å². The molecule has 15 heavy (non-hydrogen) atoms. The molecular formula is C10H8O4S. The molecule has 0 spiro atoms. The number of phenolic OH excluding ortho intramolecular Hbond substituents is 1. The highest BCUT2D eigenvalue weighted by molar-refractivity contribution is 7.16. The molecule has 0 radical (unpaired) electrons. The monoisotopic (exact) mass is 224 g/mol. The summed E-state index contributed by atoms with van der Waals surface area (Å²) in [5, 5.41) is 9.58. The first-order valence-electron chi connectivity index (χ1n) is 4.31. The zero-order valence-corrected chi connectivity index (χ0v) is 8.76. The molecule has 1 aromatic carbocycles. The molecule has 0 saturated carbocycles. The Kier molecular flexibility index (Phi) is 2.32. The molecule has 0 aliphatic carbocycles. The first kappa shape index (κ1) is 9.92. The molecular weight excluding hydrogens is 216 g/mol. The van der Waals surface area contributed by atoms with Crippen LogP contribution in [-0.4, -0.2) is 10.9 Å². The van der Waals surface area contributed by atoms with E-state index in [9.17, 15) is 14.7 Å². The van der Waals surface area contributed by atoms with E-state index in [0.29, 0.717) is 15.8 Å². The van der Waals surface area contributed by atoms with E-state index in [1.165, 1.54) is 19.1 Å². The first-order chi connectivity index (χ1) is 7.06. The number of rotatable bonds is 2. The highest BCUT2D eigenvalue weighted by Crippen LogP contribution is 2.27. The second-order valence-corrected chi connectivity index (χ2v) is 4.24. The van der Waals surface area contributed by atoms with Crippen molar-refractivity contribution in [3.05, 3.63) is 27.4 Å². The van der Waals surface area contributed by atoms with Crippen LogP contribution < -0.4 is 4.94 Å². The van der Waals surface area contributed by atoms with Crippen LogP contribution in [0, 0.1) is 0 Å². The summed E-state index contributed by atoms with van der Waals surface area (Å²) in [5.41, 5.74) is 0.899. The Morgan fingerprint density at radius 3 is 2.93 bits per heavy atom. The van der Waals surface area contributed by atoms with Crippen molar-refractivity contribution >= 4 is 27.4 Å². The van der Waals surface area contributed by atoms with E-state index in [0.717, 1.165) is 11.3 Å². The lowest BCUT2D eigenvalue weighted by molar-refractivity contribution is -0.116. The van der Waals surface area contributed by atoms with Crippen LogP contribution in [0.1, 0.15) is 12.5 Å². The summed E-state index contributed by atoms with van der Waals surface area (Å²) in [5.74, 6) is -0.0306. The number of carbonyl (C=O) groups excluding carboxylic acids is 1. The summed E-state index contributed by atoms with van der Waals surface area (Å²) >= 11 is 0.927. The first-order valence-corrected chi connectivity index (χ1v) is 5.13. The molecule has 0 saturated heterocycles. The van der Waals surface area contributed by atoms with Gasteiger partial charge in [-0.2, -0.15) is 0 Å². The van der Waals surface area contributed by atoms with E-state index in [2.05, 4.69) is 0 Å². The van der Waals surface area contributed by atoms with E-state index in [1.54, 1.807) is 0 Å². The maximum absolute atomic E-state index is 10.9. The van der Waals surface area contributed by atoms with Gasteiger partial charge in [-0.05, 0) is 13.0 Å². The van der Waals surface area contributed by atoms with Gasteiger partial charge in [0, 0.05) is 18.1 Å². The van der Waals surface area contributed by atoms with Crippen molar-refractivity contribution in [2.45, 2.75) is 13.3 Å². The lowest BCUT2D eigenvalue weighted by Crippen LogP contribution is -1.96. The van der Waals surface area contributed by atoms with Gasteiger partial charge < -0.3 is 9.52 Å². The fourth-order valence-electron chi connectivity index (χ4n) is 1.36. The third-order valence-electron chi connectivity index (χ3n) is 1.97. The Hall–Kier alpha value is -1.62. The third-order valence-corrected chi connectivity index (χ3v) is 2.76. The van der Waals surface area contributed by atoms with Gasteiger partial charge in [-0.1, -0.05) is 11.3 Å². The number of fused-ring (bicyclic) bond motifs is 1. The third kappa shape index (κ3) is 1.92. The predicted octanol–water partition coefficient (Wildman–Crippen LogP) is 1.69. The second-order valence-electron chi connectivity index (χ2n) is 3.26. The van der Waals surface area contributed by atoms with Crippen LogP contribution in [0.5, 0.6) is 5.75 Å². The van der Waals surface area contributed by atoms with Gasteiger partial charge in [0.2, 0.25) is 0 Å². The zero-order valence-electron chi connectivity index (χ0n) is 7.94. The molecule has 0 atom stereocenters. The standard InChI is InChI=1S/C10H8O4S/c1-5(11)2-6-3-8-9(4-7(6)12)15-10(13)14-8/h3-4,12H,2H2,1H3. The number of aromatic hydroxyl groups is 1.